The van der Waals surface area contributed by atoms with E-state index in [2.05, 4.69) is 0 Å². The van der Waals surface area contributed by atoms with Gasteiger partial charge in [0.2, 0.25) is 0 Å². The largest absolute Gasteiger partial charge is 0.507 e. The molecule has 3 rings (SSSR count). The van der Waals surface area contributed by atoms with Crippen molar-refractivity contribution in [2.45, 2.75) is 56.9 Å². The van der Waals surface area contributed by atoms with Gasteiger partial charge in [0.15, 0.2) is 5.43 Å². The lowest BCUT2D eigenvalue weighted by Crippen LogP contribution is -2.55. The van der Waals surface area contributed by atoms with Gasteiger partial charge in [-0.05, 0) is 25.5 Å². The van der Waals surface area contributed by atoms with E-state index in [9.17, 15) is 35.4 Å². The predicted molar refractivity (Wildman–Crippen MR) is 97.0 cm³/mol. The normalized spacial score (nSPS) is 29.2. The van der Waals surface area contributed by atoms with Crippen molar-refractivity contribution in [2.75, 3.05) is 6.61 Å². The van der Waals surface area contributed by atoms with E-state index in [4.69, 9.17) is 9.15 Å². The van der Waals surface area contributed by atoms with E-state index in [1.807, 2.05) is 0 Å². The van der Waals surface area contributed by atoms with Gasteiger partial charge in [-0.15, -0.1) is 0 Å². The average molecular weight is 396 g/mol. The van der Waals surface area contributed by atoms with Crippen LogP contribution < -0.4 is 5.43 Å². The standard InChI is InChI=1S/C19H24O9/c1-7-3-10(22)14(19-17(26)16(25)15(24)12(6-20)28-19)18-13(7)11(23)5-9(27-18)4-8(2)21/h3,5,8,12,15-17,19-22,24-26H,4,6H2,1-2H3/t8-,12+,15+,16-,17+,19-/m0/s1. The molecule has 9 nitrogen and oxygen atoms in total. The van der Waals surface area contributed by atoms with Gasteiger partial charge in [0.1, 0.15) is 47.6 Å². The number of hydrogen-bond acceptors (Lipinski definition) is 9. The summed E-state index contributed by atoms with van der Waals surface area (Å²) in [6.45, 7) is 2.49. The highest BCUT2D eigenvalue weighted by Gasteiger charge is 2.45. The van der Waals surface area contributed by atoms with E-state index in [0.29, 0.717) is 5.56 Å². The molecule has 0 bridgehead atoms. The van der Waals surface area contributed by atoms with Gasteiger partial charge < -0.3 is 39.8 Å². The van der Waals surface area contributed by atoms with Crippen LogP contribution in [0.25, 0.3) is 11.0 Å². The highest BCUT2D eigenvalue weighted by Crippen LogP contribution is 2.41. The molecular weight excluding hydrogens is 372 g/mol. The number of phenolic OH excluding ortho intramolecular Hbond substituents is 1. The molecule has 2 aromatic rings. The van der Waals surface area contributed by atoms with E-state index >= 15 is 0 Å². The van der Waals surface area contributed by atoms with Crippen molar-refractivity contribution in [2.24, 2.45) is 0 Å². The Morgan fingerprint density at radius 2 is 1.82 bits per heavy atom. The molecule has 9 heteroatoms. The van der Waals surface area contributed by atoms with Crippen LogP contribution in [0, 0.1) is 6.92 Å². The SMILES string of the molecule is Cc1cc(O)c([C@@H]2O[C@H](CO)[C@@H](O)[C@H](O)[C@H]2O)c2oc(C[C@H](C)O)cc(=O)c12. The summed E-state index contributed by atoms with van der Waals surface area (Å²) >= 11 is 0. The molecule has 0 unspecified atom stereocenters. The van der Waals surface area contributed by atoms with Gasteiger partial charge in [-0.3, -0.25) is 4.79 Å². The number of benzene rings is 1. The second kappa shape index (κ2) is 7.78. The molecule has 2 heterocycles. The third-order valence-electron chi connectivity index (χ3n) is 4.94. The summed E-state index contributed by atoms with van der Waals surface area (Å²) in [6, 6.07) is 2.56. The molecule has 1 fully saturated rings. The number of aliphatic hydroxyl groups excluding tert-OH is 5. The highest BCUT2D eigenvalue weighted by atomic mass is 16.5. The number of phenols is 1. The van der Waals surface area contributed by atoms with Crippen molar-refractivity contribution < 1.29 is 39.8 Å². The first-order valence-corrected chi connectivity index (χ1v) is 8.93. The van der Waals surface area contributed by atoms with Crippen molar-refractivity contribution in [1.29, 1.82) is 0 Å². The van der Waals surface area contributed by atoms with Crippen LogP contribution in [0.1, 0.15) is 29.9 Å². The first-order valence-electron chi connectivity index (χ1n) is 8.93. The number of rotatable bonds is 4. The minimum atomic E-state index is -1.65. The van der Waals surface area contributed by atoms with Crippen LogP contribution in [0.5, 0.6) is 5.75 Å². The zero-order chi connectivity index (χ0) is 20.7. The molecule has 6 N–H and O–H groups in total. The highest BCUT2D eigenvalue weighted by molar-refractivity contribution is 5.86. The lowest BCUT2D eigenvalue weighted by atomic mass is 9.89. The average Bonchev–Trinajstić information content (AvgIpc) is 2.60. The smallest absolute Gasteiger partial charge is 0.193 e. The number of aryl methyl sites for hydroxylation is 1. The fourth-order valence-electron chi connectivity index (χ4n) is 3.58. The topological polar surface area (TPSA) is 161 Å². The number of aliphatic hydroxyl groups is 5. The quantitative estimate of drug-likeness (QED) is 0.390. The molecular formula is C19H24O9. The van der Waals surface area contributed by atoms with E-state index in [-0.39, 0.29) is 34.5 Å². The summed E-state index contributed by atoms with van der Waals surface area (Å²) < 4.78 is 11.3. The maximum atomic E-state index is 12.6. The van der Waals surface area contributed by atoms with E-state index in [1.54, 1.807) is 6.92 Å². The first kappa shape index (κ1) is 20.7. The van der Waals surface area contributed by atoms with Crippen molar-refractivity contribution in [3.8, 4) is 5.75 Å². The maximum Gasteiger partial charge on any atom is 0.193 e. The van der Waals surface area contributed by atoms with Crippen LogP contribution >= 0.6 is 0 Å². The van der Waals surface area contributed by atoms with Crippen molar-refractivity contribution in [1.82, 2.24) is 0 Å². The molecule has 0 radical (unpaired) electrons. The van der Waals surface area contributed by atoms with Crippen LogP contribution in [-0.4, -0.2) is 67.8 Å². The van der Waals surface area contributed by atoms with Crippen LogP contribution in [0.2, 0.25) is 0 Å². The number of fused-ring (bicyclic) bond motifs is 1. The van der Waals surface area contributed by atoms with Gasteiger partial charge in [-0.1, -0.05) is 0 Å². The second-order valence-electron chi connectivity index (χ2n) is 7.21. The molecule has 1 aromatic heterocycles. The van der Waals surface area contributed by atoms with E-state index < -0.39 is 48.7 Å². The Balaban J connectivity index is 2.24. The second-order valence-corrected chi connectivity index (χ2v) is 7.21. The Labute approximate surface area is 160 Å². The molecule has 1 aliphatic rings. The first-order chi connectivity index (χ1) is 13.1. The number of aromatic hydroxyl groups is 1. The fraction of sp³-hybridized carbons (Fsp3) is 0.526. The van der Waals surface area contributed by atoms with Crippen molar-refractivity contribution in [3.63, 3.8) is 0 Å². The Morgan fingerprint density at radius 3 is 2.43 bits per heavy atom. The summed E-state index contributed by atoms with van der Waals surface area (Å²) in [5.74, 6) is -0.171. The number of hydrogen-bond donors (Lipinski definition) is 6. The van der Waals surface area contributed by atoms with Gasteiger partial charge >= 0.3 is 0 Å². The van der Waals surface area contributed by atoms with Crippen molar-refractivity contribution >= 4 is 11.0 Å². The Bertz CT molecular complexity index is 918. The molecule has 1 aliphatic heterocycles. The predicted octanol–water partition coefficient (Wildman–Crippen LogP) is -0.755. The Kier molecular flexibility index (Phi) is 5.76. The molecule has 1 saturated heterocycles. The van der Waals surface area contributed by atoms with E-state index in [0.717, 1.165) is 0 Å². The molecule has 154 valence electrons. The number of ether oxygens (including phenoxy) is 1. The lowest BCUT2D eigenvalue weighted by Gasteiger charge is -2.40. The third-order valence-corrected chi connectivity index (χ3v) is 4.94. The monoisotopic (exact) mass is 396 g/mol. The lowest BCUT2D eigenvalue weighted by molar-refractivity contribution is -0.231. The van der Waals surface area contributed by atoms with Gasteiger partial charge in [-0.25, -0.2) is 0 Å². The fourth-order valence-corrected chi connectivity index (χ4v) is 3.58. The minimum absolute atomic E-state index is 0.0496. The molecule has 6 atom stereocenters. The molecule has 0 amide bonds. The summed E-state index contributed by atoms with van der Waals surface area (Å²) in [5.41, 5.74) is -0.106. The Morgan fingerprint density at radius 1 is 1.14 bits per heavy atom. The van der Waals surface area contributed by atoms with Crippen molar-refractivity contribution in [3.05, 3.63) is 39.2 Å². The molecule has 0 aliphatic carbocycles. The van der Waals surface area contributed by atoms with Gasteiger partial charge in [0.25, 0.3) is 0 Å². The van der Waals surface area contributed by atoms with Crippen LogP contribution in [0.4, 0.5) is 0 Å². The molecule has 28 heavy (non-hydrogen) atoms. The minimum Gasteiger partial charge on any atom is -0.507 e. The Hall–Kier alpha value is -2.01. The summed E-state index contributed by atoms with van der Waals surface area (Å²) in [6.07, 6.45) is -8.16. The zero-order valence-corrected chi connectivity index (χ0v) is 15.4. The molecule has 0 saturated carbocycles. The van der Waals surface area contributed by atoms with Gasteiger partial charge in [-0.2, -0.15) is 0 Å². The summed E-state index contributed by atoms with van der Waals surface area (Å²) in [5, 5.41) is 60.2. The van der Waals surface area contributed by atoms with Crippen LogP contribution in [-0.2, 0) is 11.2 Å². The maximum absolute atomic E-state index is 12.6. The van der Waals surface area contributed by atoms with Crippen LogP contribution in [0.3, 0.4) is 0 Å². The van der Waals surface area contributed by atoms with Gasteiger partial charge in [0.05, 0.1) is 23.7 Å². The van der Waals surface area contributed by atoms with E-state index in [1.165, 1.54) is 19.1 Å². The zero-order valence-electron chi connectivity index (χ0n) is 15.4. The summed E-state index contributed by atoms with van der Waals surface area (Å²) in [7, 11) is 0. The molecule has 0 spiro atoms. The molecule has 1 aromatic carbocycles. The summed E-state index contributed by atoms with van der Waals surface area (Å²) in [4.78, 5) is 12.6. The third kappa shape index (κ3) is 3.52. The van der Waals surface area contributed by atoms with Crippen LogP contribution in [0.15, 0.2) is 21.3 Å². The van der Waals surface area contributed by atoms with Gasteiger partial charge in [0, 0.05) is 12.5 Å².